The van der Waals surface area contributed by atoms with Crippen molar-refractivity contribution in [1.29, 1.82) is 0 Å². The molecular weight excluding hydrogens is 264 g/mol. The number of phenolic OH excluding ortho intramolecular Hbond substituents is 1. The standard InChI is InChI=1S/C13H18N2O5/c1-2-15(9-4-3-5-10(17)8-9)13(20)14-11(6-7-16)12(18)19/h3-5,8,11,16-17H,2,6-7H2,1H3,(H,14,20)(H,18,19). The maximum atomic E-state index is 12.1. The van der Waals surface area contributed by atoms with Crippen LogP contribution in [0.2, 0.25) is 0 Å². The molecule has 4 N–H and O–H groups in total. The Balaban J connectivity index is 2.84. The third kappa shape index (κ3) is 4.13. The number of aliphatic hydroxyl groups excluding tert-OH is 1. The fraction of sp³-hybridized carbons (Fsp3) is 0.385. The Morgan fingerprint density at radius 3 is 2.60 bits per heavy atom. The second-order valence-corrected chi connectivity index (χ2v) is 4.12. The van der Waals surface area contributed by atoms with E-state index >= 15 is 0 Å². The van der Waals surface area contributed by atoms with Gasteiger partial charge in [0.05, 0.1) is 0 Å². The van der Waals surface area contributed by atoms with E-state index in [4.69, 9.17) is 10.2 Å². The highest BCUT2D eigenvalue weighted by atomic mass is 16.4. The van der Waals surface area contributed by atoms with E-state index in [1.165, 1.54) is 17.0 Å². The lowest BCUT2D eigenvalue weighted by molar-refractivity contribution is -0.139. The first-order valence-corrected chi connectivity index (χ1v) is 6.20. The van der Waals surface area contributed by atoms with Crippen molar-refractivity contribution in [2.24, 2.45) is 0 Å². The molecule has 1 rings (SSSR count). The minimum absolute atomic E-state index is 0.0129. The predicted molar refractivity (Wildman–Crippen MR) is 72.8 cm³/mol. The second kappa shape index (κ2) is 7.34. The number of anilines is 1. The summed E-state index contributed by atoms with van der Waals surface area (Å²) < 4.78 is 0. The van der Waals surface area contributed by atoms with E-state index in [9.17, 15) is 14.7 Å². The van der Waals surface area contributed by atoms with Crippen LogP contribution in [-0.2, 0) is 4.79 Å². The SMILES string of the molecule is CCN(C(=O)NC(CCO)C(=O)O)c1cccc(O)c1. The Kier molecular flexibility index (Phi) is 5.79. The van der Waals surface area contributed by atoms with Crippen LogP contribution in [-0.4, -0.2) is 46.5 Å². The monoisotopic (exact) mass is 282 g/mol. The van der Waals surface area contributed by atoms with Gasteiger partial charge in [-0.1, -0.05) is 6.07 Å². The summed E-state index contributed by atoms with van der Waals surface area (Å²) >= 11 is 0. The largest absolute Gasteiger partial charge is 0.508 e. The smallest absolute Gasteiger partial charge is 0.326 e. The number of carboxylic acids is 1. The molecule has 0 spiro atoms. The summed E-state index contributed by atoms with van der Waals surface area (Å²) in [5.74, 6) is -1.20. The van der Waals surface area contributed by atoms with Crippen molar-refractivity contribution in [2.45, 2.75) is 19.4 Å². The molecule has 0 aromatic heterocycles. The molecule has 0 aliphatic carbocycles. The van der Waals surface area contributed by atoms with Crippen LogP contribution in [0, 0.1) is 0 Å². The number of hydrogen-bond acceptors (Lipinski definition) is 4. The first kappa shape index (κ1) is 15.8. The molecule has 1 atom stereocenters. The minimum Gasteiger partial charge on any atom is -0.508 e. The number of amides is 2. The number of aliphatic hydroxyl groups is 1. The number of nitrogens with zero attached hydrogens (tertiary/aromatic N) is 1. The van der Waals surface area contributed by atoms with Crippen molar-refractivity contribution in [3.8, 4) is 5.75 Å². The van der Waals surface area contributed by atoms with Gasteiger partial charge in [-0.05, 0) is 19.1 Å². The number of phenols is 1. The van der Waals surface area contributed by atoms with E-state index in [0.717, 1.165) is 0 Å². The quantitative estimate of drug-likeness (QED) is 0.616. The van der Waals surface area contributed by atoms with Crippen LogP contribution in [0.1, 0.15) is 13.3 Å². The zero-order chi connectivity index (χ0) is 15.1. The summed E-state index contributed by atoms with van der Waals surface area (Å²) in [6.45, 7) is 1.70. The number of carbonyl (C=O) groups excluding carboxylic acids is 1. The number of hydrogen-bond donors (Lipinski definition) is 4. The summed E-state index contributed by atoms with van der Waals surface area (Å²) in [5.41, 5.74) is 0.457. The molecule has 0 saturated carbocycles. The van der Waals surface area contributed by atoms with Crippen molar-refractivity contribution in [2.75, 3.05) is 18.1 Å². The maximum absolute atomic E-state index is 12.1. The van der Waals surface area contributed by atoms with Gasteiger partial charge in [0.1, 0.15) is 11.8 Å². The Labute approximate surface area is 116 Å². The summed E-state index contributed by atoms with van der Waals surface area (Å²) in [5, 5.41) is 29.5. The first-order chi connectivity index (χ1) is 9.49. The number of urea groups is 1. The molecule has 0 aliphatic rings. The van der Waals surface area contributed by atoms with Gasteiger partial charge in [0.15, 0.2) is 0 Å². The lowest BCUT2D eigenvalue weighted by atomic mass is 10.2. The molecule has 0 heterocycles. The number of benzene rings is 1. The van der Waals surface area contributed by atoms with Gasteiger partial charge >= 0.3 is 12.0 Å². The number of aliphatic carboxylic acids is 1. The number of nitrogens with one attached hydrogen (secondary N) is 1. The second-order valence-electron chi connectivity index (χ2n) is 4.12. The van der Waals surface area contributed by atoms with Crippen molar-refractivity contribution in [3.05, 3.63) is 24.3 Å². The highest BCUT2D eigenvalue weighted by molar-refractivity contribution is 5.94. The summed E-state index contributed by atoms with van der Waals surface area (Å²) in [4.78, 5) is 24.3. The number of rotatable bonds is 6. The van der Waals surface area contributed by atoms with Gasteiger partial charge in [0.25, 0.3) is 0 Å². The number of aromatic hydroxyl groups is 1. The van der Waals surface area contributed by atoms with Crippen molar-refractivity contribution < 1.29 is 24.9 Å². The molecule has 1 aromatic rings. The predicted octanol–water partition coefficient (Wildman–Crippen LogP) is 0.764. The molecule has 7 heteroatoms. The normalized spacial score (nSPS) is 11.7. The average Bonchev–Trinajstić information content (AvgIpc) is 2.39. The molecule has 2 amide bonds. The third-order valence-electron chi connectivity index (χ3n) is 2.72. The molecule has 0 radical (unpaired) electrons. The molecule has 1 unspecified atom stereocenters. The van der Waals surface area contributed by atoms with E-state index < -0.39 is 18.0 Å². The molecule has 110 valence electrons. The summed E-state index contributed by atoms with van der Waals surface area (Å²) in [6.07, 6.45) is -0.0708. The zero-order valence-corrected chi connectivity index (χ0v) is 11.1. The Hall–Kier alpha value is -2.28. The van der Waals surface area contributed by atoms with Crippen LogP contribution >= 0.6 is 0 Å². The van der Waals surface area contributed by atoms with Crippen molar-refractivity contribution >= 4 is 17.7 Å². The van der Waals surface area contributed by atoms with Crippen LogP contribution in [0.25, 0.3) is 0 Å². The van der Waals surface area contributed by atoms with E-state index in [2.05, 4.69) is 5.32 Å². The van der Waals surface area contributed by atoms with Gasteiger partial charge in [-0.15, -0.1) is 0 Å². The topological polar surface area (TPSA) is 110 Å². The molecule has 0 bridgehead atoms. The van der Waals surface area contributed by atoms with Crippen LogP contribution in [0.15, 0.2) is 24.3 Å². The van der Waals surface area contributed by atoms with Crippen LogP contribution < -0.4 is 10.2 Å². The van der Waals surface area contributed by atoms with E-state index in [0.29, 0.717) is 12.2 Å². The van der Waals surface area contributed by atoms with Crippen LogP contribution in [0.3, 0.4) is 0 Å². The van der Waals surface area contributed by atoms with Crippen molar-refractivity contribution in [1.82, 2.24) is 5.32 Å². The summed E-state index contributed by atoms with van der Waals surface area (Å²) in [6, 6.07) is 4.34. The van der Waals surface area contributed by atoms with Gasteiger partial charge < -0.3 is 20.6 Å². The van der Waals surface area contributed by atoms with Crippen LogP contribution in [0.4, 0.5) is 10.5 Å². The van der Waals surface area contributed by atoms with E-state index in [1.807, 2.05) is 0 Å². The fourth-order valence-electron chi connectivity index (χ4n) is 1.72. The zero-order valence-electron chi connectivity index (χ0n) is 11.1. The molecule has 0 saturated heterocycles. The minimum atomic E-state index is -1.21. The maximum Gasteiger partial charge on any atom is 0.326 e. The van der Waals surface area contributed by atoms with E-state index in [1.54, 1.807) is 19.1 Å². The highest BCUT2D eigenvalue weighted by Crippen LogP contribution is 2.20. The molecule has 0 aliphatic heterocycles. The van der Waals surface area contributed by atoms with Crippen molar-refractivity contribution in [3.63, 3.8) is 0 Å². The molecule has 7 nitrogen and oxygen atoms in total. The molecular formula is C13H18N2O5. The van der Waals surface area contributed by atoms with E-state index in [-0.39, 0.29) is 18.8 Å². The Morgan fingerprint density at radius 2 is 2.10 bits per heavy atom. The third-order valence-corrected chi connectivity index (χ3v) is 2.72. The number of carbonyl (C=O) groups is 2. The lowest BCUT2D eigenvalue weighted by Gasteiger charge is -2.24. The van der Waals surface area contributed by atoms with Crippen LogP contribution in [0.5, 0.6) is 5.75 Å². The molecule has 20 heavy (non-hydrogen) atoms. The van der Waals surface area contributed by atoms with Gasteiger partial charge in [0.2, 0.25) is 0 Å². The Morgan fingerprint density at radius 1 is 1.40 bits per heavy atom. The fourth-order valence-corrected chi connectivity index (χ4v) is 1.72. The Bertz CT molecular complexity index is 478. The lowest BCUT2D eigenvalue weighted by Crippen LogP contribution is -2.48. The summed E-state index contributed by atoms with van der Waals surface area (Å²) in [7, 11) is 0. The van der Waals surface area contributed by atoms with Gasteiger partial charge in [-0.3, -0.25) is 4.90 Å². The highest BCUT2D eigenvalue weighted by Gasteiger charge is 2.22. The average molecular weight is 282 g/mol. The molecule has 1 aromatic carbocycles. The number of carboxylic acid groups (broad SMARTS) is 1. The first-order valence-electron chi connectivity index (χ1n) is 6.20. The molecule has 0 fully saturated rings. The van der Waals surface area contributed by atoms with Gasteiger partial charge in [0, 0.05) is 31.3 Å². The van der Waals surface area contributed by atoms with Gasteiger partial charge in [-0.2, -0.15) is 0 Å². The van der Waals surface area contributed by atoms with Gasteiger partial charge in [-0.25, -0.2) is 9.59 Å².